The summed E-state index contributed by atoms with van der Waals surface area (Å²) in [6.45, 7) is 0.0399. The summed E-state index contributed by atoms with van der Waals surface area (Å²) in [4.78, 5) is 23.7. The first-order chi connectivity index (χ1) is 10.6. The summed E-state index contributed by atoms with van der Waals surface area (Å²) in [6, 6.07) is 14.8. The average Bonchev–Trinajstić information content (AvgIpc) is 2.54. The fourth-order valence-corrected chi connectivity index (χ4v) is 2.65. The van der Waals surface area contributed by atoms with Gasteiger partial charge in [0.15, 0.2) is 0 Å². The van der Waals surface area contributed by atoms with Crippen molar-refractivity contribution in [3.05, 3.63) is 67.7 Å². The molecule has 0 saturated carbocycles. The SMILES string of the molecule is O=C(CNC(=O)c1cc(Br)ccc1I)OCc1ccccc1. The molecule has 2 aromatic carbocycles. The Morgan fingerprint density at radius 3 is 2.59 bits per heavy atom. The Hall–Kier alpha value is -1.41. The van der Waals surface area contributed by atoms with Crippen molar-refractivity contribution in [2.75, 3.05) is 6.54 Å². The van der Waals surface area contributed by atoms with Crippen molar-refractivity contribution < 1.29 is 14.3 Å². The molecule has 6 heteroatoms. The average molecular weight is 474 g/mol. The first-order valence-corrected chi connectivity index (χ1v) is 8.36. The number of carbonyl (C=O) groups is 2. The third-order valence-corrected chi connectivity index (χ3v) is 4.24. The van der Waals surface area contributed by atoms with E-state index in [1.165, 1.54) is 0 Å². The number of benzene rings is 2. The lowest BCUT2D eigenvalue weighted by molar-refractivity contribution is -0.143. The van der Waals surface area contributed by atoms with Crippen LogP contribution in [0.2, 0.25) is 0 Å². The zero-order chi connectivity index (χ0) is 15.9. The van der Waals surface area contributed by atoms with E-state index in [4.69, 9.17) is 4.74 Å². The van der Waals surface area contributed by atoms with E-state index in [0.29, 0.717) is 5.56 Å². The highest BCUT2D eigenvalue weighted by Gasteiger charge is 2.12. The molecule has 114 valence electrons. The van der Waals surface area contributed by atoms with Gasteiger partial charge in [0.25, 0.3) is 5.91 Å². The molecule has 2 rings (SSSR count). The van der Waals surface area contributed by atoms with E-state index in [0.717, 1.165) is 13.6 Å². The van der Waals surface area contributed by atoms with Crippen LogP contribution in [0, 0.1) is 3.57 Å². The van der Waals surface area contributed by atoms with Gasteiger partial charge in [-0.05, 0) is 46.4 Å². The second kappa shape index (κ2) is 8.28. The maximum absolute atomic E-state index is 12.1. The van der Waals surface area contributed by atoms with Gasteiger partial charge in [0, 0.05) is 8.04 Å². The first-order valence-electron chi connectivity index (χ1n) is 6.49. The largest absolute Gasteiger partial charge is 0.460 e. The van der Waals surface area contributed by atoms with Crippen LogP contribution in [0.4, 0.5) is 0 Å². The van der Waals surface area contributed by atoms with E-state index >= 15 is 0 Å². The van der Waals surface area contributed by atoms with Gasteiger partial charge in [-0.2, -0.15) is 0 Å². The molecule has 0 aromatic heterocycles. The number of carbonyl (C=O) groups excluding carboxylic acids is 2. The smallest absolute Gasteiger partial charge is 0.325 e. The second-order valence-corrected chi connectivity index (χ2v) is 6.53. The summed E-state index contributed by atoms with van der Waals surface area (Å²) >= 11 is 5.40. The molecular weight excluding hydrogens is 461 g/mol. The van der Waals surface area contributed by atoms with Crippen molar-refractivity contribution in [2.24, 2.45) is 0 Å². The standard InChI is InChI=1S/C16H13BrINO3/c17-12-6-7-14(18)13(8-12)16(21)19-9-15(20)22-10-11-4-2-1-3-5-11/h1-8H,9-10H2,(H,19,21). The van der Waals surface area contributed by atoms with E-state index in [9.17, 15) is 9.59 Å². The molecule has 0 heterocycles. The number of hydrogen-bond acceptors (Lipinski definition) is 3. The van der Waals surface area contributed by atoms with Crippen LogP contribution in [-0.2, 0) is 16.1 Å². The van der Waals surface area contributed by atoms with E-state index in [-0.39, 0.29) is 19.1 Å². The maximum Gasteiger partial charge on any atom is 0.325 e. The minimum Gasteiger partial charge on any atom is -0.460 e. The highest BCUT2D eigenvalue weighted by molar-refractivity contribution is 14.1. The van der Waals surface area contributed by atoms with Crippen LogP contribution in [-0.4, -0.2) is 18.4 Å². The molecule has 0 aliphatic rings. The Morgan fingerprint density at radius 1 is 1.14 bits per heavy atom. The number of halogens is 2. The maximum atomic E-state index is 12.1. The molecule has 1 amide bonds. The molecule has 4 nitrogen and oxygen atoms in total. The fraction of sp³-hybridized carbons (Fsp3) is 0.125. The predicted octanol–water partition coefficient (Wildman–Crippen LogP) is 3.53. The van der Waals surface area contributed by atoms with Gasteiger partial charge in [-0.25, -0.2) is 0 Å². The highest BCUT2D eigenvalue weighted by Crippen LogP contribution is 2.18. The quantitative estimate of drug-likeness (QED) is 0.534. The van der Waals surface area contributed by atoms with Crippen molar-refractivity contribution in [2.45, 2.75) is 6.61 Å². The predicted molar refractivity (Wildman–Crippen MR) is 95.4 cm³/mol. The lowest BCUT2D eigenvalue weighted by Gasteiger charge is -2.08. The van der Waals surface area contributed by atoms with E-state index < -0.39 is 5.97 Å². The number of ether oxygens (including phenoxy) is 1. The molecule has 1 N–H and O–H groups in total. The number of amides is 1. The molecule has 0 saturated heterocycles. The van der Waals surface area contributed by atoms with Crippen molar-refractivity contribution >= 4 is 50.4 Å². The van der Waals surface area contributed by atoms with Gasteiger partial charge in [0.1, 0.15) is 13.2 Å². The van der Waals surface area contributed by atoms with Gasteiger partial charge in [0.05, 0.1) is 5.56 Å². The van der Waals surface area contributed by atoms with E-state index in [1.54, 1.807) is 6.07 Å². The lowest BCUT2D eigenvalue weighted by atomic mass is 10.2. The normalized spacial score (nSPS) is 10.1. The lowest BCUT2D eigenvalue weighted by Crippen LogP contribution is -2.31. The van der Waals surface area contributed by atoms with Gasteiger partial charge in [-0.1, -0.05) is 46.3 Å². The third-order valence-electron chi connectivity index (χ3n) is 2.81. The van der Waals surface area contributed by atoms with Crippen LogP contribution < -0.4 is 5.32 Å². The Morgan fingerprint density at radius 2 is 1.86 bits per heavy atom. The molecular formula is C16H13BrINO3. The monoisotopic (exact) mass is 473 g/mol. The Balaban J connectivity index is 1.83. The minimum atomic E-state index is -0.470. The van der Waals surface area contributed by atoms with Crippen LogP contribution in [0.3, 0.4) is 0 Å². The number of nitrogens with one attached hydrogen (secondary N) is 1. The molecule has 0 aliphatic heterocycles. The Bertz CT molecular complexity index is 676. The number of esters is 1. The summed E-state index contributed by atoms with van der Waals surface area (Å²) in [5, 5.41) is 2.56. The molecule has 0 spiro atoms. The zero-order valence-corrected chi connectivity index (χ0v) is 15.3. The van der Waals surface area contributed by atoms with Crippen molar-refractivity contribution in [3.8, 4) is 0 Å². The Kier molecular flexibility index (Phi) is 6.38. The van der Waals surface area contributed by atoms with Crippen LogP contribution in [0.5, 0.6) is 0 Å². The topological polar surface area (TPSA) is 55.4 Å². The van der Waals surface area contributed by atoms with Gasteiger partial charge in [-0.15, -0.1) is 0 Å². The van der Waals surface area contributed by atoms with Crippen LogP contribution in [0.1, 0.15) is 15.9 Å². The molecule has 0 radical (unpaired) electrons. The summed E-state index contributed by atoms with van der Waals surface area (Å²) in [5.74, 6) is -0.774. The fourth-order valence-electron chi connectivity index (χ4n) is 1.71. The summed E-state index contributed by atoms with van der Waals surface area (Å²) in [6.07, 6.45) is 0. The third kappa shape index (κ3) is 5.10. The van der Waals surface area contributed by atoms with Crippen LogP contribution in [0.15, 0.2) is 53.0 Å². The molecule has 0 aliphatic carbocycles. The minimum absolute atomic E-state index is 0.158. The van der Waals surface area contributed by atoms with Gasteiger partial charge in [-0.3, -0.25) is 9.59 Å². The first kappa shape index (κ1) is 17.0. The van der Waals surface area contributed by atoms with Gasteiger partial charge in [0.2, 0.25) is 0 Å². The molecule has 0 bridgehead atoms. The molecule has 0 unspecified atom stereocenters. The molecule has 0 atom stereocenters. The van der Waals surface area contributed by atoms with Crippen molar-refractivity contribution in [1.82, 2.24) is 5.32 Å². The molecule has 2 aromatic rings. The summed E-state index contributed by atoms with van der Waals surface area (Å²) < 4.78 is 6.73. The van der Waals surface area contributed by atoms with Crippen molar-refractivity contribution in [1.29, 1.82) is 0 Å². The number of hydrogen-bond donors (Lipinski definition) is 1. The van der Waals surface area contributed by atoms with Crippen LogP contribution >= 0.6 is 38.5 Å². The Labute approximate surface area is 150 Å². The number of rotatable bonds is 5. The highest BCUT2D eigenvalue weighted by atomic mass is 127. The summed E-state index contributed by atoms with van der Waals surface area (Å²) in [7, 11) is 0. The van der Waals surface area contributed by atoms with E-state index in [2.05, 4.69) is 43.8 Å². The summed E-state index contributed by atoms with van der Waals surface area (Å²) in [5.41, 5.74) is 1.43. The van der Waals surface area contributed by atoms with E-state index in [1.807, 2.05) is 42.5 Å². The van der Waals surface area contributed by atoms with Crippen molar-refractivity contribution in [3.63, 3.8) is 0 Å². The molecule has 0 fully saturated rings. The van der Waals surface area contributed by atoms with Crippen LogP contribution in [0.25, 0.3) is 0 Å². The van der Waals surface area contributed by atoms with Gasteiger partial charge >= 0.3 is 5.97 Å². The second-order valence-electron chi connectivity index (χ2n) is 4.45. The molecule has 22 heavy (non-hydrogen) atoms. The zero-order valence-electron chi connectivity index (χ0n) is 11.5. The van der Waals surface area contributed by atoms with Gasteiger partial charge < -0.3 is 10.1 Å².